The van der Waals surface area contributed by atoms with Crippen LogP contribution in [0.15, 0.2) is 23.1 Å². The van der Waals surface area contributed by atoms with Gasteiger partial charge in [-0.1, -0.05) is 19.1 Å². The first-order chi connectivity index (χ1) is 7.20. The summed E-state index contributed by atoms with van der Waals surface area (Å²) in [6, 6.07) is 5.51. The minimum atomic E-state index is 0.0158. The highest BCUT2D eigenvalue weighted by atomic mass is 32.2. The Hall–Kier alpha value is -1.29. The number of carbonyl (C=O) groups is 2. The van der Waals surface area contributed by atoms with Gasteiger partial charge in [-0.15, -0.1) is 0 Å². The number of fused-ring (bicyclic) bond motifs is 1. The molecule has 0 unspecified atom stereocenters. The van der Waals surface area contributed by atoms with Crippen LogP contribution in [0.2, 0.25) is 0 Å². The van der Waals surface area contributed by atoms with Crippen LogP contribution in [0.4, 0.5) is 0 Å². The van der Waals surface area contributed by atoms with Gasteiger partial charge in [-0.3, -0.25) is 14.3 Å². The Morgan fingerprint density at radius 2 is 2.33 bits per heavy atom. The quantitative estimate of drug-likeness (QED) is 0.613. The Labute approximate surface area is 92.4 Å². The van der Waals surface area contributed by atoms with E-state index in [9.17, 15) is 9.59 Å². The van der Waals surface area contributed by atoms with Crippen LogP contribution in [0, 0.1) is 0 Å². The number of hydrogen-bond acceptors (Lipinski definition) is 3. The second-order valence-corrected chi connectivity index (χ2v) is 4.25. The van der Waals surface area contributed by atoms with Crippen molar-refractivity contribution in [2.75, 3.05) is 0 Å². The molecule has 0 bridgehead atoms. The van der Waals surface area contributed by atoms with E-state index in [0.717, 1.165) is 16.0 Å². The minimum absolute atomic E-state index is 0.0158. The molecule has 15 heavy (non-hydrogen) atoms. The number of hydrogen-bond donors (Lipinski definition) is 1. The highest BCUT2D eigenvalue weighted by Gasteiger charge is 2.16. The van der Waals surface area contributed by atoms with Crippen molar-refractivity contribution in [3.63, 3.8) is 0 Å². The molecule has 1 amide bonds. The lowest BCUT2D eigenvalue weighted by atomic mass is 10.0. The molecule has 0 spiro atoms. The normalized spacial score (nSPS) is 14.3. The summed E-state index contributed by atoms with van der Waals surface area (Å²) >= 11 is 1.29. The number of carbonyl (C=O) groups excluding carboxylic acids is 2. The summed E-state index contributed by atoms with van der Waals surface area (Å²) in [7, 11) is 0. The highest BCUT2D eigenvalue weighted by Crippen LogP contribution is 2.26. The van der Waals surface area contributed by atoms with Crippen LogP contribution in [0.25, 0.3) is 0 Å². The molecule has 3 nitrogen and oxygen atoms in total. The molecular formula is C11H11NO2S. The highest BCUT2D eigenvalue weighted by molar-refractivity contribution is 7.98. The maximum atomic E-state index is 11.5. The number of nitrogens with one attached hydrogen (secondary N) is 1. The van der Waals surface area contributed by atoms with Crippen LogP contribution in [-0.4, -0.2) is 11.7 Å². The Morgan fingerprint density at radius 3 is 3.07 bits per heavy atom. The molecule has 0 atom stereocenters. The molecular weight excluding hydrogens is 210 g/mol. The van der Waals surface area contributed by atoms with Crippen LogP contribution >= 0.6 is 11.9 Å². The fourth-order valence-electron chi connectivity index (χ4n) is 1.49. The molecule has 4 heteroatoms. The van der Waals surface area contributed by atoms with Gasteiger partial charge in [0.1, 0.15) is 0 Å². The van der Waals surface area contributed by atoms with E-state index in [4.69, 9.17) is 0 Å². The second kappa shape index (κ2) is 4.06. The van der Waals surface area contributed by atoms with Gasteiger partial charge < -0.3 is 0 Å². The second-order valence-electron chi connectivity index (χ2n) is 3.40. The fourth-order valence-corrected chi connectivity index (χ4v) is 2.25. The molecule has 1 aromatic carbocycles. The SMILES string of the molecule is CCC(=O)c1ccc2c(c1)SNC(=O)C2. The van der Waals surface area contributed by atoms with Crippen LogP contribution in [0.5, 0.6) is 0 Å². The summed E-state index contributed by atoms with van der Waals surface area (Å²) in [5.74, 6) is 0.150. The zero-order valence-corrected chi connectivity index (χ0v) is 9.19. The van der Waals surface area contributed by atoms with Crippen molar-refractivity contribution in [1.29, 1.82) is 0 Å². The van der Waals surface area contributed by atoms with Crippen molar-refractivity contribution < 1.29 is 9.59 Å². The topological polar surface area (TPSA) is 46.2 Å². The summed E-state index contributed by atoms with van der Waals surface area (Å²) in [6.45, 7) is 1.84. The molecule has 0 saturated carbocycles. The van der Waals surface area contributed by atoms with Crippen LogP contribution in [0.3, 0.4) is 0 Å². The van der Waals surface area contributed by atoms with Gasteiger partial charge in [0, 0.05) is 16.9 Å². The lowest BCUT2D eigenvalue weighted by Gasteiger charge is -2.15. The Bertz CT molecular complexity index is 429. The zero-order chi connectivity index (χ0) is 10.8. The van der Waals surface area contributed by atoms with Crippen molar-refractivity contribution in [2.45, 2.75) is 24.7 Å². The predicted octanol–water partition coefficient (Wildman–Crippen LogP) is 1.96. The smallest absolute Gasteiger partial charge is 0.234 e. The lowest BCUT2D eigenvalue weighted by Crippen LogP contribution is -2.23. The van der Waals surface area contributed by atoms with Gasteiger partial charge in [-0.2, -0.15) is 0 Å². The van der Waals surface area contributed by atoms with Crippen LogP contribution < -0.4 is 4.72 Å². The average molecular weight is 221 g/mol. The summed E-state index contributed by atoms with van der Waals surface area (Å²) in [4.78, 5) is 23.5. The van der Waals surface area contributed by atoms with E-state index in [-0.39, 0.29) is 11.7 Å². The van der Waals surface area contributed by atoms with E-state index in [1.54, 1.807) is 6.07 Å². The van der Waals surface area contributed by atoms with Crippen molar-refractivity contribution in [3.8, 4) is 0 Å². The van der Waals surface area contributed by atoms with Gasteiger partial charge in [0.25, 0.3) is 0 Å². The first kappa shape index (κ1) is 10.2. The Balaban J connectivity index is 2.34. The molecule has 78 valence electrons. The van der Waals surface area contributed by atoms with Gasteiger partial charge in [0.05, 0.1) is 6.42 Å². The molecule has 1 aromatic rings. The molecule has 1 heterocycles. The van der Waals surface area contributed by atoms with E-state index >= 15 is 0 Å². The van der Waals surface area contributed by atoms with E-state index in [0.29, 0.717) is 12.8 Å². The molecule has 1 N–H and O–H groups in total. The molecule has 0 saturated heterocycles. The molecule has 0 aliphatic carbocycles. The van der Waals surface area contributed by atoms with Gasteiger partial charge in [-0.25, -0.2) is 0 Å². The number of rotatable bonds is 2. The Morgan fingerprint density at radius 1 is 1.53 bits per heavy atom. The summed E-state index contributed by atoms with van der Waals surface area (Å²) in [5.41, 5.74) is 1.72. The predicted molar refractivity (Wildman–Crippen MR) is 58.8 cm³/mol. The van der Waals surface area contributed by atoms with Crippen molar-refractivity contribution in [2.24, 2.45) is 0 Å². The zero-order valence-electron chi connectivity index (χ0n) is 8.37. The summed E-state index contributed by atoms with van der Waals surface area (Å²) in [6.07, 6.45) is 0.915. The monoisotopic (exact) mass is 221 g/mol. The van der Waals surface area contributed by atoms with E-state index in [1.165, 1.54) is 11.9 Å². The molecule has 1 aliphatic heterocycles. The van der Waals surface area contributed by atoms with E-state index in [2.05, 4.69) is 4.72 Å². The number of Topliss-reactive ketones (excluding diaryl/α,β-unsaturated/α-hetero) is 1. The van der Waals surface area contributed by atoms with E-state index < -0.39 is 0 Å². The largest absolute Gasteiger partial charge is 0.296 e. The van der Waals surface area contributed by atoms with E-state index in [1.807, 2.05) is 19.1 Å². The van der Waals surface area contributed by atoms with Gasteiger partial charge in [0.2, 0.25) is 5.91 Å². The summed E-state index contributed by atoms with van der Waals surface area (Å²) < 4.78 is 2.69. The number of amides is 1. The van der Waals surface area contributed by atoms with Gasteiger partial charge in [-0.05, 0) is 23.6 Å². The van der Waals surface area contributed by atoms with Crippen LogP contribution in [0.1, 0.15) is 29.3 Å². The maximum absolute atomic E-state index is 11.5. The molecule has 0 radical (unpaired) electrons. The lowest BCUT2D eigenvalue weighted by molar-refractivity contribution is -0.118. The third-order valence-corrected chi connectivity index (χ3v) is 3.27. The average Bonchev–Trinajstić information content (AvgIpc) is 2.27. The van der Waals surface area contributed by atoms with Crippen molar-refractivity contribution in [3.05, 3.63) is 29.3 Å². The maximum Gasteiger partial charge on any atom is 0.234 e. The van der Waals surface area contributed by atoms with Crippen LogP contribution in [-0.2, 0) is 11.2 Å². The first-order valence-electron chi connectivity index (χ1n) is 4.82. The van der Waals surface area contributed by atoms with Crippen molar-refractivity contribution >= 4 is 23.6 Å². The summed E-state index contributed by atoms with van der Waals surface area (Å²) in [5, 5.41) is 0. The van der Waals surface area contributed by atoms with Crippen molar-refractivity contribution in [1.82, 2.24) is 4.72 Å². The van der Waals surface area contributed by atoms with Gasteiger partial charge in [0.15, 0.2) is 5.78 Å². The molecule has 2 rings (SSSR count). The minimum Gasteiger partial charge on any atom is -0.296 e. The standard InChI is InChI=1S/C11H11NO2S/c1-2-9(13)7-3-4-8-6-11(14)12-15-10(8)5-7/h3-5H,2,6H2,1H3,(H,12,14). The molecule has 0 fully saturated rings. The number of benzene rings is 1. The fraction of sp³-hybridized carbons (Fsp3) is 0.273. The number of ketones is 1. The first-order valence-corrected chi connectivity index (χ1v) is 5.64. The molecule has 0 aromatic heterocycles. The molecule has 1 aliphatic rings. The van der Waals surface area contributed by atoms with Gasteiger partial charge >= 0.3 is 0 Å². The third-order valence-electron chi connectivity index (χ3n) is 2.34. The Kier molecular flexibility index (Phi) is 2.77. The third kappa shape index (κ3) is 2.04.